The Kier molecular flexibility index (Phi) is 7.67. The second kappa shape index (κ2) is 11.5. The Labute approximate surface area is 228 Å². The van der Waals surface area contributed by atoms with Crippen molar-refractivity contribution >= 4 is 44.6 Å². The second-order valence-electron chi connectivity index (χ2n) is 8.31. The first-order valence-electron chi connectivity index (χ1n) is 11.7. The third kappa shape index (κ3) is 6.49. The minimum absolute atomic E-state index is 0.0960. The van der Waals surface area contributed by atoms with Crippen molar-refractivity contribution in [1.29, 1.82) is 0 Å². The average molecular weight is 562 g/mol. The number of thiophene rings is 1. The van der Waals surface area contributed by atoms with E-state index in [-0.39, 0.29) is 23.0 Å². The number of carbonyl (C=O) groups excluding carboxylic acids is 1. The quantitative estimate of drug-likeness (QED) is 0.232. The van der Waals surface area contributed by atoms with E-state index in [1.807, 2.05) is 25.1 Å². The highest BCUT2D eigenvalue weighted by Crippen LogP contribution is 2.24. The molecular formula is C25H23N9O3S2. The maximum Gasteiger partial charge on any atom is 0.277 e. The van der Waals surface area contributed by atoms with E-state index in [0.29, 0.717) is 11.6 Å². The monoisotopic (exact) mass is 561 g/mol. The van der Waals surface area contributed by atoms with E-state index < -0.39 is 15.9 Å². The van der Waals surface area contributed by atoms with E-state index in [1.165, 1.54) is 16.9 Å². The summed E-state index contributed by atoms with van der Waals surface area (Å²) in [6, 6.07) is 14.2. The molecule has 198 valence electrons. The summed E-state index contributed by atoms with van der Waals surface area (Å²) >= 11 is 1.13. The van der Waals surface area contributed by atoms with Crippen LogP contribution in [-0.4, -0.2) is 50.8 Å². The molecule has 4 aromatic heterocycles. The molecule has 14 heteroatoms. The molecule has 0 radical (unpaired) electrons. The molecule has 1 aromatic carbocycles. The van der Waals surface area contributed by atoms with Crippen molar-refractivity contribution in [2.45, 2.75) is 17.7 Å². The number of hydrogen-bond donors (Lipinski definition) is 3. The smallest absolute Gasteiger partial charge is 0.277 e. The number of rotatable bonds is 10. The number of nitrogens with one attached hydrogen (secondary N) is 3. The molecular weight excluding hydrogens is 538 g/mol. The summed E-state index contributed by atoms with van der Waals surface area (Å²) in [7, 11) is -3.57. The van der Waals surface area contributed by atoms with Crippen LogP contribution in [0.25, 0.3) is 11.3 Å². The van der Waals surface area contributed by atoms with Crippen LogP contribution in [0.1, 0.15) is 16.1 Å². The van der Waals surface area contributed by atoms with Gasteiger partial charge in [-0.2, -0.15) is 0 Å². The number of anilines is 3. The van der Waals surface area contributed by atoms with Gasteiger partial charge >= 0.3 is 0 Å². The fourth-order valence-corrected chi connectivity index (χ4v) is 5.60. The highest BCUT2D eigenvalue weighted by Gasteiger charge is 2.16. The van der Waals surface area contributed by atoms with Crippen LogP contribution in [-0.2, 0) is 16.6 Å². The number of benzene rings is 1. The SMILES string of the molecule is Cc1ccc(NC(=O)c2cn(CCNS(=O)(=O)c3cccs3)nn2)cc1Nc1nccc(-c2cccnc2)n1. The molecule has 0 bridgehead atoms. The zero-order chi connectivity index (χ0) is 27.2. The van der Waals surface area contributed by atoms with Gasteiger partial charge in [-0.25, -0.2) is 23.1 Å². The van der Waals surface area contributed by atoms with E-state index in [2.05, 4.69) is 40.6 Å². The number of aromatic nitrogens is 6. The first-order chi connectivity index (χ1) is 18.9. The molecule has 0 aliphatic carbocycles. The topological polar surface area (TPSA) is 157 Å². The predicted molar refractivity (Wildman–Crippen MR) is 147 cm³/mol. The van der Waals surface area contributed by atoms with Crippen LogP contribution in [0.3, 0.4) is 0 Å². The van der Waals surface area contributed by atoms with Crippen molar-refractivity contribution in [3.05, 3.63) is 90.0 Å². The number of hydrogen-bond acceptors (Lipinski definition) is 10. The number of nitrogens with zero attached hydrogens (tertiary/aromatic N) is 6. The normalized spacial score (nSPS) is 11.3. The van der Waals surface area contributed by atoms with Crippen molar-refractivity contribution in [2.75, 3.05) is 17.2 Å². The molecule has 39 heavy (non-hydrogen) atoms. The van der Waals surface area contributed by atoms with E-state index in [1.54, 1.807) is 48.2 Å². The standard InChI is InChI=1S/C25H23N9O3S2/c1-17-6-7-19(14-21(17)31-25-27-10-8-20(30-25)18-4-2-9-26-15-18)29-24(35)22-16-34(33-32-22)12-11-28-39(36,37)23-5-3-13-38-23/h2-10,13-16,28H,11-12H2,1H3,(H,29,35)(H,27,30,31). The number of sulfonamides is 1. The van der Waals surface area contributed by atoms with E-state index >= 15 is 0 Å². The first-order valence-corrected chi connectivity index (χ1v) is 14.1. The lowest BCUT2D eigenvalue weighted by molar-refractivity contribution is 0.102. The van der Waals surface area contributed by atoms with Gasteiger partial charge in [-0.05, 0) is 54.3 Å². The van der Waals surface area contributed by atoms with Crippen molar-refractivity contribution in [2.24, 2.45) is 0 Å². The lowest BCUT2D eigenvalue weighted by Gasteiger charge is -2.11. The maximum absolute atomic E-state index is 12.8. The molecule has 5 aromatic rings. The Bertz CT molecular complexity index is 1690. The maximum atomic E-state index is 12.8. The molecule has 1 amide bonds. The van der Waals surface area contributed by atoms with Crippen LogP contribution in [0.5, 0.6) is 0 Å². The van der Waals surface area contributed by atoms with Gasteiger partial charge in [0.25, 0.3) is 5.91 Å². The zero-order valence-corrected chi connectivity index (χ0v) is 22.3. The molecule has 0 aliphatic heterocycles. The van der Waals surface area contributed by atoms with Gasteiger partial charge in [0.1, 0.15) is 4.21 Å². The highest BCUT2D eigenvalue weighted by atomic mass is 32.2. The lowest BCUT2D eigenvalue weighted by atomic mass is 10.1. The molecule has 12 nitrogen and oxygen atoms in total. The molecule has 0 spiro atoms. The molecule has 3 N–H and O–H groups in total. The van der Waals surface area contributed by atoms with Crippen LogP contribution in [0.15, 0.2) is 82.9 Å². The summed E-state index contributed by atoms with van der Waals surface area (Å²) in [6.07, 6.45) is 6.55. The van der Waals surface area contributed by atoms with Gasteiger partial charge in [0, 0.05) is 42.1 Å². The highest BCUT2D eigenvalue weighted by molar-refractivity contribution is 7.91. The summed E-state index contributed by atoms with van der Waals surface area (Å²) in [5.41, 5.74) is 3.88. The van der Waals surface area contributed by atoms with Crippen LogP contribution in [0.4, 0.5) is 17.3 Å². The molecule has 0 saturated carbocycles. The Morgan fingerprint density at radius 2 is 2.00 bits per heavy atom. The van der Waals surface area contributed by atoms with Gasteiger partial charge in [-0.3, -0.25) is 14.5 Å². The molecule has 0 saturated heterocycles. The first kappa shape index (κ1) is 26.1. The minimum Gasteiger partial charge on any atom is -0.324 e. The summed E-state index contributed by atoms with van der Waals surface area (Å²) < 4.78 is 28.6. The van der Waals surface area contributed by atoms with Crippen molar-refractivity contribution in [3.63, 3.8) is 0 Å². The van der Waals surface area contributed by atoms with Gasteiger partial charge in [-0.1, -0.05) is 17.3 Å². The molecule has 4 heterocycles. The predicted octanol–water partition coefficient (Wildman–Crippen LogP) is 3.47. The van der Waals surface area contributed by atoms with E-state index in [9.17, 15) is 13.2 Å². The van der Waals surface area contributed by atoms with Gasteiger partial charge in [0.15, 0.2) is 5.69 Å². The summed E-state index contributed by atoms with van der Waals surface area (Å²) in [5, 5.41) is 15.5. The Hall–Kier alpha value is -4.53. The van der Waals surface area contributed by atoms with Crippen molar-refractivity contribution < 1.29 is 13.2 Å². The number of pyridine rings is 1. The lowest BCUT2D eigenvalue weighted by Crippen LogP contribution is -2.27. The fourth-order valence-electron chi connectivity index (χ4n) is 3.54. The Morgan fingerprint density at radius 1 is 1.10 bits per heavy atom. The van der Waals surface area contributed by atoms with Crippen LogP contribution < -0.4 is 15.4 Å². The molecule has 0 unspecified atom stereocenters. The van der Waals surface area contributed by atoms with Crippen LogP contribution >= 0.6 is 11.3 Å². The molecule has 0 aliphatic rings. The fraction of sp³-hybridized carbons (Fsp3) is 0.120. The van der Waals surface area contributed by atoms with Gasteiger partial charge in [0.2, 0.25) is 16.0 Å². The Morgan fingerprint density at radius 3 is 2.79 bits per heavy atom. The summed E-state index contributed by atoms with van der Waals surface area (Å²) in [5.74, 6) is -0.0504. The van der Waals surface area contributed by atoms with Crippen LogP contribution in [0, 0.1) is 6.92 Å². The molecule has 0 fully saturated rings. The summed E-state index contributed by atoms with van der Waals surface area (Å²) in [4.78, 5) is 25.8. The van der Waals surface area contributed by atoms with Gasteiger partial charge in [0.05, 0.1) is 18.4 Å². The largest absolute Gasteiger partial charge is 0.324 e. The number of amides is 1. The van der Waals surface area contributed by atoms with Gasteiger partial charge < -0.3 is 10.6 Å². The average Bonchev–Trinajstić information content (AvgIpc) is 3.65. The third-order valence-corrected chi connectivity index (χ3v) is 8.38. The van der Waals surface area contributed by atoms with Gasteiger partial charge in [-0.15, -0.1) is 16.4 Å². The van der Waals surface area contributed by atoms with Crippen molar-refractivity contribution in [3.8, 4) is 11.3 Å². The number of carbonyl (C=O) groups is 1. The van der Waals surface area contributed by atoms with E-state index in [4.69, 9.17) is 0 Å². The Balaban J connectivity index is 1.21. The zero-order valence-electron chi connectivity index (χ0n) is 20.6. The van der Waals surface area contributed by atoms with Crippen molar-refractivity contribution in [1.82, 2.24) is 34.7 Å². The third-order valence-electron chi connectivity index (χ3n) is 5.52. The van der Waals surface area contributed by atoms with E-state index in [0.717, 1.165) is 33.8 Å². The summed E-state index contributed by atoms with van der Waals surface area (Å²) in [6.45, 7) is 2.24. The number of aryl methyl sites for hydroxylation is 1. The molecule has 5 rings (SSSR count). The minimum atomic E-state index is -3.57. The second-order valence-corrected chi connectivity index (χ2v) is 11.3. The molecule has 0 atom stereocenters. The van der Waals surface area contributed by atoms with Crippen LogP contribution in [0.2, 0.25) is 0 Å².